The number of aromatic nitrogens is 5. The number of nitrogens with zero attached hydrogens (tertiary/aromatic N) is 6. The number of hydrazine groups is 1. The molecular weight excluding hydrogens is 436 g/mol. The minimum Gasteiger partial charge on any atom is -0.494 e. The van der Waals surface area contributed by atoms with E-state index in [-0.39, 0.29) is 30.2 Å². The number of benzene rings is 1. The summed E-state index contributed by atoms with van der Waals surface area (Å²) in [4.78, 5) is 17.3. The van der Waals surface area contributed by atoms with Gasteiger partial charge in [0.05, 0.1) is 42.3 Å². The summed E-state index contributed by atoms with van der Waals surface area (Å²) in [5.74, 6) is 1.57. The van der Waals surface area contributed by atoms with E-state index in [0.29, 0.717) is 23.8 Å². The summed E-state index contributed by atoms with van der Waals surface area (Å²) in [5.41, 5.74) is 5.61. The van der Waals surface area contributed by atoms with E-state index in [1.54, 1.807) is 25.2 Å². The molecule has 2 aliphatic heterocycles. The summed E-state index contributed by atoms with van der Waals surface area (Å²) < 4.78 is 7.41. The van der Waals surface area contributed by atoms with Crippen LogP contribution in [0.25, 0.3) is 11.4 Å². The second-order valence-electron chi connectivity index (χ2n) is 8.57. The van der Waals surface area contributed by atoms with Crippen molar-refractivity contribution in [1.82, 2.24) is 40.7 Å². The first-order valence-corrected chi connectivity index (χ1v) is 11.1. The Hall–Kier alpha value is -3.77. The number of fused-ring (bicyclic) bond motifs is 1. The number of ether oxygens (including phenoxy) is 1. The first-order valence-electron chi connectivity index (χ1n) is 11.1. The van der Waals surface area contributed by atoms with Crippen LogP contribution >= 0.6 is 0 Å². The second kappa shape index (κ2) is 8.88. The topological polar surface area (TPSA) is 134 Å². The van der Waals surface area contributed by atoms with Gasteiger partial charge < -0.3 is 15.4 Å². The molecule has 2 saturated heterocycles. The number of amides is 1. The molecule has 2 aliphatic rings. The summed E-state index contributed by atoms with van der Waals surface area (Å²) in [5, 5.41) is 24.7. The number of nitrogens with one attached hydrogen (secondary N) is 4. The molecule has 34 heavy (non-hydrogen) atoms. The van der Waals surface area contributed by atoms with Crippen LogP contribution in [0.4, 0.5) is 11.5 Å². The number of hydrogen-bond donors (Lipinski definition) is 4. The molecule has 5 rings (SSSR count). The Morgan fingerprint density at radius 2 is 2.00 bits per heavy atom. The minimum atomic E-state index is -0.312. The van der Waals surface area contributed by atoms with Gasteiger partial charge in [-0.25, -0.2) is 10.4 Å². The second-order valence-corrected chi connectivity index (χ2v) is 8.57. The molecular formula is C22H28N10O2. The Balaban J connectivity index is 1.43. The van der Waals surface area contributed by atoms with E-state index in [9.17, 15) is 4.79 Å². The third-order valence-electron chi connectivity index (χ3n) is 6.13. The molecule has 0 saturated carbocycles. The molecule has 1 aromatic carbocycles. The number of hydrogen-bond acceptors (Lipinski definition) is 10. The van der Waals surface area contributed by atoms with Crippen LogP contribution in [0, 0.1) is 12.8 Å². The van der Waals surface area contributed by atoms with Crippen molar-refractivity contribution in [1.29, 1.82) is 0 Å². The van der Waals surface area contributed by atoms with Gasteiger partial charge in [-0.15, -0.1) is 5.10 Å². The first kappa shape index (κ1) is 22.0. The monoisotopic (exact) mass is 464 g/mol. The molecule has 4 N–H and O–H groups in total. The van der Waals surface area contributed by atoms with Crippen molar-refractivity contribution in [3.05, 3.63) is 42.4 Å². The Morgan fingerprint density at radius 1 is 1.15 bits per heavy atom. The maximum atomic E-state index is 13.0. The molecule has 0 radical (unpaired) electrons. The van der Waals surface area contributed by atoms with E-state index in [0.717, 1.165) is 16.9 Å². The molecule has 0 spiro atoms. The molecule has 2 fully saturated rings. The van der Waals surface area contributed by atoms with Crippen molar-refractivity contribution >= 4 is 17.4 Å². The van der Waals surface area contributed by atoms with E-state index in [2.05, 4.69) is 41.7 Å². The van der Waals surface area contributed by atoms with Gasteiger partial charge in [-0.05, 0) is 31.2 Å². The number of methoxy groups -OCH3 is 1. The summed E-state index contributed by atoms with van der Waals surface area (Å²) in [6.07, 6.45) is 1.88. The van der Waals surface area contributed by atoms with Gasteiger partial charge in [-0.3, -0.25) is 19.8 Å². The van der Waals surface area contributed by atoms with Crippen LogP contribution in [0.3, 0.4) is 0 Å². The van der Waals surface area contributed by atoms with Crippen LogP contribution < -0.4 is 26.1 Å². The van der Waals surface area contributed by atoms with E-state index < -0.39 is 0 Å². The number of rotatable bonds is 6. The van der Waals surface area contributed by atoms with Gasteiger partial charge >= 0.3 is 0 Å². The van der Waals surface area contributed by atoms with Crippen LogP contribution in [0.2, 0.25) is 0 Å². The SMILES string of the molecule is COc1c(NC2CC(Nc3ccc(C)nn3)NC3NN(C)C(=O)C23)cccc1-c1ncn(C)n1. The molecule has 1 amide bonds. The number of para-hydroxylation sites is 1. The van der Waals surface area contributed by atoms with Crippen molar-refractivity contribution in [3.8, 4) is 17.1 Å². The highest BCUT2D eigenvalue weighted by Gasteiger charge is 2.48. The number of carbonyl (C=O) groups excluding carboxylic acids is 1. The molecule has 4 heterocycles. The Bertz CT molecular complexity index is 1180. The van der Waals surface area contributed by atoms with E-state index >= 15 is 0 Å². The van der Waals surface area contributed by atoms with E-state index in [4.69, 9.17) is 4.74 Å². The van der Waals surface area contributed by atoms with Gasteiger partial charge in [0.25, 0.3) is 0 Å². The zero-order chi connectivity index (χ0) is 23.8. The maximum absolute atomic E-state index is 13.0. The van der Waals surface area contributed by atoms with Gasteiger partial charge in [0.15, 0.2) is 11.6 Å². The molecule has 178 valence electrons. The largest absolute Gasteiger partial charge is 0.494 e. The average molecular weight is 465 g/mol. The summed E-state index contributed by atoms with van der Waals surface area (Å²) in [7, 11) is 5.18. The molecule has 0 bridgehead atoms. The van der Waals surface area contributed by atoms with Crippen LogP contribution in [0.15, 0.2) is 36.7 Å². The lowest BCUT2D eigenvalue weighted by Gasteiger charge is -2.39. The van der Waals surface area contributed by atoms with Crippen molar-refractivity contribution in [3.63, 3.8) is 0 Å². The van der Waals surface area contributed by atoms with Crippen molar-refractivity contribution in [2.24, 2.45) is 13.0 Å². The van der Waals surface area contributed by atoms with Crippen LogP contribution in [0.5, 0.6) is 5.75 Å². The average Bonchev–Trinajstić information content (AvgIpc) is 3.38. The molecule has 4 unspecified atom stereocenters. The van der Waals surface area contributed by atoms with Crippen molar-refractivity contribution in [2.45, 2.75) is 31.7 Å². The summed E-state index contributed by atoms with van der Waals surface area (Å²) >= 11 is 0. The number of aryl methyl sites for hydroxylation is 2. The van der Waals surface area contributed by atoms with Gasteiger partial charge in [-0.2, -0.15) is 10.2 Å². The van der Waals surface area contributed by atoms with Crippen LogP contribution in [-0.2, 0) is 11.8 Å². The Labute approximate surface area is 197 Å². The predicted molar refractivity (Wildman–Crippen MR) is 126 cm³/mol. The van der Waals surface area contributed by atoms with Crippen LogP contribution in [-0.4, -0.2) is 68.4 Å². The molecule has 12 nitrogen and oxygen atoms in total. The maximum Gasteiger partial charge on any atom is 0.244 e. The highest BCUT2D eigenvalue weighted by Crippen LogP contribution is 2.37. The quantitative estimate of drug-likeness (QED) is 0.413. The third kappa shape index (κ3) is 4.13. The zero-order valence-corrected chi connectivity index (χ0v) is 19.5. The number of anilines is 2. The predicted octanol–water partition coefficient (Wildman–Crippen LogP) is 0.720. The minimum absolute atomic E-state index is 0.0186. The van der Waals surface area contributed by atoms with Crippen LogP contribution in [0.1, 0.15) is 12.1 Å². The van der Waals surface area contributed by atoms with Crippen molar-refractivity contribution < 1.29 is 9.53 Å². The van der Waals surface area contributed by atoms with E-state index in [1.807, 2.05) is 44.3 Å². The highest BCUT2D eigenvalue weighted by molar-refractivity contribution is 5.83. The highest BCUT2D eigenvalue weighted by atomic mass is 16.5. The summed E-state index contributed by atoms with van der Waals surface area (Å²) in [6.45, 7) is 1.89. The lowest BCUT2D eigenvalue weighted by molar-refractivity contribution is -0.131. The lowest BCUT2D eigenvalue weighted by Crippen LogP contribution is -2.60. The lowest BCUT2D eigenvalue weighted by atomic mass is 9.88. The van der Waals surface area contributed by atoms with Gasteiger partial charge in [0, 0.05) is 26.6 Å². The van der Waals surface area contributed by atoms with Gasteiger partial charge in [0.1, 0.15) is 12.1 Å². The fourth-order valence-electron chi connectivity index (χ4n) is 4.56. The summed E-state index contributed by atoms with van der Waals surface area (Å²) in [6, 6.07) is 9.39. The molecule has 3 aromatic rings. The fraction of sp³-hybridized carbons (Fsp3) is 0.409. The molecule has 12 heteroatoms. The van der Waals surface area contributed by atoms with Gasteiger partial charge in [0.2, 0.25) is 5.91 Å². The van der Waals surface area contributed by atoms with Crippen molar-refractivity contribution in [2.75, 3.05) is 24.8 Å². The number of piperidine rings is 1. The molecule has 0 aliphatic carbocycles. The third-order valence-corrected chi connectivity index (χ3v) is 6.13. The number of carbonyl (C=O) groups is 1. The molecule has 4 atom stereocenters. The molecule has 2 aromatic heterocycles. The Kier molecular flexibility index (Phi) is 5.75. The smallest absolute Gasteiger partial charge is 0.244 e. The normalized spacial score (nSPS) is 24.1. The Morgan fingerprint density at radius 3 is 2.71 bits per heavy atom. The fourth-order valence-corrected chi connectivity index (χ4v) is 4.56. The standard InChI is InChI=1S/C22H28N10O2/c1-12-8-9-16(28-27-12)25-17-10-15(18-21(26-17)30-32(3)22(18)33)24-14-7-5-6-13(19(14)34-4)20-23-11-31(2)29-20/h5-9,11,15,17-18,21,24,26,30H,10H2,1-4H3,(H,25,28). The van der Waals surface area contributed by atoms with Gasteiger partial charge in [-0.1, -0.05) is 6.07 Å². The first-order chi connectivity index (χ1) is 16.4. The van der Waals surface area contributed by atoms with E-state index in [1.165, 1.54) is 5.01 Å². The zero-order valence-electron chi connectivity index (χ0n) is 19.5.